The minimum absolute atomic E-state index is 0.159. The highest BCUT2D eigenvalue weighted by molar-refractivity contribution is 5.53. The molecule has 0 aromatic rings. The van der Waals surface area contributed by atoms with Crippen LogP contribution in [0.5, 0.6) is 0 Å². The molecule has 12 heavy (non-hydrogen) atoms. The van der Waals surface area contributed by atoms with Crippen molar-refractivity contribution in [1.82, 2.24) is 0 Å². The third-order valence-corrected chi connectivity index (χ3v) is 2.14. The lowest BCUT2D eigenvalue weighted by Gasteiger charge is -2.13. The van der Waals surface area contributed by atoms with E-state index in [1.165, 1.54) is 0 Å². The number of carbonyl (C=O) groups excluding carboxylic acids is 1. The topological polar surface area (TPSA) is 37.3 Å². The Bertz CT molecular complexity index is 112. The van der Waals surface area contributed by atoms with Gasteiger partial charge in [-0.25, -0.2) is 0 Å². The van der Waals surface area contributed by atoms with Crippen LogP contribution in [0.1, 0.15) is 39.5 Å². The van der Waals surface area contributed by atoms with Gasteiger partial charge in [-0.1, -0.05) is 26.7 Å². The third kappa shape index (κ3) is 5.30. The number of hydrogen-bond acceptors (Lipinski definition) is 2. The van der Waals surface area contributed by atoms with Gasteiger partial charge in [0.05, 0.1) is 0 Å². The average Bonchev–Trinajstić information content (AvgIpc) is 2.11. The molecule has 0 saturated heterocycles. The predicted molar refractivity (Wildman–Crippen MR) is 49.9 cm³/mol. The van der Waals surface area contributed by atoms with E-state index in [2.05, 4.69) is 6.92 Å². The highest BCUT2D eigenvalue weighted by Gasteiger charge is 2.10. The number of aliphatic hydroxyl groups excluding tert-OH is 1. The number of rotatable bonds is 7. The Morgan fingerprint density at radius 3 is 2.58 bits per heavy atom. The van der Waals surface area contributed by atoms with Crippen LogP contribution in [0.2, 0.25) is 0 Å². The monoisotopic (exact) mass is 172 g/mol. The summed E-state index contributed by atoms with van der Waals surface area (Å²) < 4.78 is 0. The largest absolute Gasteiger partial charge is 0.396 e. The molecule has 1 N–H and O–H groups in total. The summed E-state index contributed by atoms with van der Waals surface area (Å²) >= 11 is 0. The standard InChI is InChI=1S/C10H20O2/c1-3-4-5-10(8-12)6-9(2)7-11/h8-11H,3-7H2,1-2H3/t9?,10-/m0/s1. The second-order valence-corrected chi connectivity index (χ2v) is 3.56. The second kappa shape index (κ2) is 7.29. The van der Waals surface area contributed by atoms with Crippen LogP contribution < -0.4 is 0 Å². The summed E-state index contributed by atoms with van der Waals surface area (Å²) in [7, 11) is 0. The van der Waals surface area contributed by atoms with E-state index >= 15 is 0 Å². The summed E-state index contributed by atoms with van der Waals surface area (Å²) in [5, 5.41) is 8.79. The fourth-order valence-electron chi connectivity index (χ4n) is 1.30. The Kier molecular flexibility index (Phi) is 7.06. The fourth-order valence-corrected chi connectivity index (χ4v) is 1.30. The van der Waals surface area contributed by atoms with Gasteiger partial charge < -0.3 is 9.90 Å². The minimum atomic E-state index is 0.159. The molecule has 0 radical (unpaired) electrons. The van der Waals surface area contributed by atoms with E-state index in [4.69, 9.17) is 5.11 Å². The zero-order valence-corrected chi connectivity index (χ0v) is 8.12. The van der Waals surface area contributed by atoms with Gasteiger partial charge in [0.25, 0.3) is 0 Å². The number of carbonyl (C=O) groups is 1. The summed E-state index contributed by atoms with van der Waals surface area (Å²) in [5.41, 5.74) is 0. The van der Waals surface area contributed by atoms with Crippen LogP contribution in [0.3, 0.4) is 0 Å². The van der Waals surface area contributed by atoms with Crippen LogP contribution in [-0.2, 0) is 4.79 Å². The maximum atomic E-state index is 10.6. The molecule has 2 nitrogen and oxygen atoms in total. The molecule has 0 rings (SSSR count). The molecule has 0 bridgehead atoms. The summed E-state index contributed by atoms with van der Waals surface area (Å²) in [5.74, 6) is 0.421. The summed E-state index contributed by atoms with van der Waals surface area (Å²) in [6.07, 6.45) is 5.09. The first-order chi connectivity index (χ1) is 5.74. The first-order valence-corrected chi connectivity index (χ1v) is 4.80. The van der Waals surface area contributed by atoms with E-state index < -0.39 is 0 Å². The van der Waals surface area contributed by atoms with Gasteiger partial charge in [0, 0.05) is 12.5 Å². The van der Waals surface area contributed by atoms with Crippen LogP contribution in [0.15, 0.2) is 0 Å². The molecule has 0 aromatic carbocycles. The van der Waals surface area contributed by atoms with Crippen LogP contribution in [0.25, 0.3) is 0 Å². The molecule has 0 fully saturated rings. The molecular weight excluding hydrogens is 152 g/mol. The highest BCUT2D eigenvalue weighted by atomic mass is 16.3. The first kappa shape index (κ1) is 11.6. The van der Waals surface area contributed by atoms with Crippen molar-refractivity contribution in [2.24, 2.45) is 11.8 Å². The molecule has 0 aliphatic heterocycles. The number of aldehydes is 1. The normalized spacial score (nSPS) is 15.6. The molecule has 0 amide bonds. The Labute approximate surface area is 75.0 Å². The van der Waals surface area contributed by atoms with Crippen molar-refractivity contribution in [3.63, 3.8) is 0 Å². The van der Waals surface area contributed by atoms with Gasteiger partial charge in [0.2, 0.25) is 0 Å². The molecule has 72 valence electrons. The Morgan fingerprint density at radius 1 is 1.50 bits per heavy atom. The van der Waals surface area contributed by atoms with Crippen LogP contribution in [-0.4, -0.2) is 18.0 Å². The lowest BCUT2D eigenvalue weighted by molar-refractivity contribution is -0.111. The molecule has 0 aromatic heterocycles. The lowest BCUT2D eigenvalue weighted by Crippen LogP contribution is -2.10. The summed E-state index contributed by atoms with van der Waals surface area (Å²) in [4.78, 5) is 10.6. The first-order valence-electron chi connectivity index (χ1n) is 4.80. The molecule has 0 spiro atoms. The van der Waals surface area contributed by atoms with Gasteiger partial charge in [-0.3, -0.25) is 0 Å². The zero-order valence-electron chi connectivity index (χ0n) is 8.12. The smallest absolute Gasteiger partial charge is 0.123 e. The maximum Gasteiger partial charge on any atom is 0.123 e. The van der Waals surface area contributed by atoms with Crippen molar-refractivity contribution in [2.45, 2.75) is 39.5 Å². The molecule has 1 unspecified atom stereocenters. The van der Waals surface area contributed by atoms with Gasteiger partial charge in [-0.15, -0.1) is 0 Å². The molecule has 2 heteroatoms. The summed E-state index contributed by atoms with van der Waals surface area (Å²) in [6.45, 7) is 4.29. The van der Waals surface area contributed by atoms with Gasteiger partial charge >= 0.3 is 0 Å². The van der Waals surface area contributed by atoms with Crippen molar-refractivity contribution in [1.29, 1.82) is 0 Å². The van der Waals surface area contributed by atoms with Gasteiger partial charge in [-0.05, 0) is 18.8 Å². The van der Waals surface area contributed by atoms with E-state index in [1.54, 1.807) is 0 Å². The van der Waals surface area contributed by atoms with Gasteiger partial charge in [-0.2, -0.15) is 0 Å². The lowest BCUT2D eigenvalue weighted by atomic mass is 9.93. The van der Waals surface area contributed by atoms with Gasteiger partial charge in [0.15, 0.2) is 0 Å². The Hall–Kier alpha value is -0.370. The van der Waals surface area contributed by atoms with Crippen LogP contribution >= 0.6 is 0 Å². The van der Waals surface area contributed by atoms with E-state index in [-0.39, 0.29) is 18.4 Å². The molecule has 0 aliphatic carbocycles. The molecule has 0 heterocycles. The minimum Gasteiger partial charge on any atom is -0.396 e. The molecular formula is C10H20O2. The predicted octanol–water partition coefficient (Wildman–Crippen LogP) is 2.01. The van der Waals surface area contributed by atoms with Crippen molar-refractivity contribution in [3.8, 4) is 0 Å². The number of aliphatic hydroxyl groups is 1. The quantitative estimate of drug-likeness (QED) is 0.596. The summed E-state index contributed by atoms with van der Waals surface area (Å²) in [6, 6.07) is 0. The number of hydrogen-bond donors (Lipinski definition) is 1. The van der Waals surface area contributed by atoms with E-state index in [1.807, 2.05) is 6.92 Å². The van der Waals surface area contributed by atoms with Gasteiger partial charge in [0.1, 0.15) is 6.29 Å². The van der Waals surface area contributed by atoms with Crippen molar-refractivity contribution in [3.05, 3.63) is 0 Å². The molecule has 0 aliphatic rings. The Morgan fingerprint density at radius 2 is 2.17 bits per heavy atom. The van der Waals surface area contributed by atoms with Crippen molar-refractivity contribution >= 4 is 6.29 Å². The molecule has 0 saturated carbocycles. The second-order valence-electron chi connectivity index (χ2n) is 3.56. The van der Waals surface area contributed by atoms with E-state index in [0.29, 0.717) is 0 Å². The van der Waals surface area contributed by atoms with Crippen molar-refractivity contribution < 1.29 is 9.90 Å². The van der Waals surface area contributed by atoms with Crippen LogP contribution in [0.4, 0.5) is 0 Å². The Balaban J connectivity index is 3.59. The number of unbranched alkanes of at least 4 members (excludes halogenated alkanes) is 1. The van der Waals surface area contributed by atoms with E-state index in [9.17, 15) is 4.79 Å². The highest BCUT2D eigenvalue weighted by Crippen LogP contribution is 2.15. The van der Waals surface area contributed by atoms with Crippen molar-refractivity contribution in [2.75, 3.05) is 6.61 Å². The van der Waals surface area contributed by atoms with Crippen LogP contribution in [0, 0.1) is 11.8 Å². The zero-order chi connectivity index (χ0) is 9.40. The fraction of sp³-hybridized carbons (Fsp3) is 0.900. The molecule has 2 atom stereocenters. The SMILES string of the molecule is CCCC[C@H](C=O)CC(C)CO. The third-order valence-electron chi connectivity index (χ3n) is 2.14. The van der Waals surface area contributed by atoms with E-state index in [0.717, 1.165) is 32.0 Å². The average molecular weight is 172 g/mol. The maximum absolute atomic E-state index is 10.6.